The summed E-state index contributed by atoms with van der Waals surface area (Å²) in [6, 6.07) is 18.1. The number of rotatable bonds is 7. The number of anilines is 3. The molecule has 8 nitrogen and oxygen atoms in total. The van der Waals surface area contributed by atoms with Gasteiger partial charge in [0, 0.05) is 23.3 Å². The average Bonchev–Trinajstić information content (AvgIpc) is 2.79. The van der Waals surface area contributed by atoms with Crippen LogP contribution < -0.4 is 21.1 Å². The molecule has 4 rings (SSSR count). The standard InChI is InChI=1S/C23H21FN6O2S2/c24-16-2-1-3-17(12-16)29-22-20-13-18(6-9-21(20)27-14-28-22)30-23(33)26-11-10-15-4-7-19(8-5-15)34(25,31)32/h1-9,12-14H,10-11H2,(H2,25,31,32)(H2,26,30,33)(H,27,28,29). The predicted molar refractivity (Wildman–Crippen MR) is 135 cm³/mol. The average molecular weight is 497 g/mol. The van der Waals surface area contributed by atoms with E-state index >= 15 is 0 Å². The molecule has 0 radical (unpaired) electrons. The number of sulfonamides is 1. The monoisotopic (exact) mass is 496 g/mol. The number of nitrogens with zero attached hydrogens (tertiary/aromatic N) is 2. The largest absolute Gasteiger partial charge is 0.362 e. The Bertz CT molecular complexity index is 1450. The van der Waals surface area contributed by atoms with Crippen LogP contribution in [0.5, 0.6) is 0 Å². The number of aromatic nitrogens is 2. The summed E-state index contributed by atoms with van der Waals surface area (Å²) in [5.41, 5.74) is 2.98. The molecule has 0 bridgehead atoms. The third kappa shape index (κ3) is 6.01. The number of benzene rings is 3. The van der Waals surface area contributed by atoms with E-state index in [1.54, 1.807) is 24.3 Å². The molecule has 4 aromatic rings. The summed E-state index contributed by atoms with van der Waals surface area (Å²) in [5, 5.41) is 15.7. The van der Waals surface area contributed by atoms with Gasteiger partial charge in [-0.2, -0.15) is 0 Å². The van der Waals surface area contributed by atoms with Crippen molar-refractivity contribution in [2.24, 2.45) is 5.14 Å². The van der Waals surface area contributed by atoms with E-state index < -0.39 is 10.0 Å². The van der Waals surface area contributed by atoms with E-state index in [0.717, 1.165) is 22.2 Å². The van der Waals surface area contributed by atoms with Crippen LogP contribution in [-0.2, 0) is 16.4 Å². The molecule has 11 heteroatoms. The van der Waals surface area contributed by atoms with Gasteiger partial charge in [0.15, 0.2) is 5.11 Å². The third-order valence-electron chi connectivity index (χ3n) is 4.93. The summed E-state index contributed by atoms with van der Waals surface area (Å²) >= 11 is 5.39. The molecule has 174 valence electrons. The molecule has 0 aliphatic heterocycles. The number of hydrogen-bond donors (Lipinski definition) is 4. The fourth-order valence-corrected chi connectivity index (χ4v) is 4.01. The zero-order chi connectivity index (χ0) is 24.1. The second kappa shape index (κ2) is 10.1. The first-order valence-corrected chi connectivity index (χ1v) is 12.2. The second-order valence-electron chi connectivity index (χ2n) is 7.41. The van der Waals surface area contributed by atoms with Crippen molar-refractivity contribution in [3.8, 4) is 0 Å². The van der Waals surface area contributed by atoms with Gasteiger partial charge in [-0.15, -0.1) is 0 Å². The van der Waals surface area contributed by atoms with Crippen LogP contribution in [0.15, 0.2) is 78.0 Å². The zero-order valence-corrected chi connectivity index (χ0v) is 19.5. The van der Waals surface area contributed by atoms with E-state index in [9.17, 15) is 12.8 Å². The van der Waals surface area contributed by atoms with Gasteiger partial charge in [-0.3, -0.25) is 0 Å². The summed E-state index contributed by atoms with van der Waals surface area (Å²) < 4.78 is 36.2. The molecule has 0 saturated heterocycles. The van der Waals surface area contributed by atoms with Gasteiger partial charge in [-0.1, -0.05) is 18.2 Å². The highest BCUT2D eigenvalue weighted by Crippen LogP contribution is 2.26. The molecule has 0 fully saturated rings. The zero-order valence-electron chi connectivity index (χ0n) is 17.8. The SMILES string of the molecule is NS(=O)(=O)c1ccc(CCNC(=S)Nc2ccc3ncnc(Nc4cccc(F)c4)c3c2)cc1. The number of nitrogens with two attached hydrogens (primary N) is 1. The minimum absolute atomic E-state index is 0.0768. The Labute approximate surface area is 201 Å². The Morgan fingerprint density at radius 2 is 1.79 bits per heavy atom. The fraction of sp³-hybridized carbons (Fsp3) is 0.0870. The Balaban J connectivity index is 1.39. The summed E-state index contributed by atoms with van der Waals surface area (Å²) in [4.78, 5) is 8.65. The quantitative estimate of drug-likeness (QED) is 0.286. The van der Waals surface area contributed by atoms with Crippen molar-refractivity contribution in [1.82, 2.24) is 15.3 Å². The lowest BCUT2D eigenvalue weighted by Gasteiger charge is -2.13. The van der Waals surface area contributed by atoms with E-state index in [1.165, 1.54) is 30.6 Å². The first kappa shape index (κ1) is 23.5. The van der Waals surface area contributed by atoms with Crippen LogP contribution in [0, 0.1) is 5.82 Å². The molecule has 0 unspecified atom stereocenters. The fourth-order valence-electron chi connectivity index (χ4n) is 3.28. The van der Waals surface area contributed by atoms with E-state index in [-0.39, 0.29) is 10.7 Å². The summed E-state index contributed by atoms with van der Waals surface area (Å²) in [6.07, 6.45) is 2.08. The van der Waals surface area contributed by atoms with Gasteiger partial charge in [-0.05, 0) is 72.7 Å². The van der Waals surface area contributed by atoms with Crippen LogP contribution in [0.2, 0.25) is 0 Å². The lowest BCUT2D eigenvalue weighted by atomic mass is 10.1. The second-order valence-corrected chi connectivity index (χ2v) is 9.38. The molecule has 0 spiro atoms. The Kier molecular flexibility index (Phi) is 6.96. The van der Waals surface area contributed by atoms with Crippen LogP contribution in [0.4, 0.5) is 21.6 Å². The number of primary sulfonamides is 1. The summed E-state index contributed by atoms with van der Waals surface area (Å²) in [7, 11) is -3.70. The molecule has 5 N–H and O–H groups in total. The normalized spacial score (nSPS) is 11.2. The highest BCUT2D eigenvalue weighted by Gasteiger charge is 2.08. The van der Waals surface area contributed by atoms with Gasteiger partial charge in [0.25, 0.3) is 0 Å². The first-order chi connectivity index (χ1) is 16.3. The van der Waals surface area contributed by atoms with Gasteiger partial charge in [-0.25, -0.2) is 27.9 Å². The lowest BCUT2D eigenvalue weighted by Crippen LogP contribution is -2.30. The maximum atomic E-state index is 13.5. The minimum Gasteiger partial charge on any atom is -0.362 e. The summed E-state index contributed by atoms with van der Waals surface area (Å²) in [5.74, 6) is 0.198. The van der Waals surface area contributed by atoms with Crippen LogP contribution in [0.3, 0.4) is 0 Å². The minimum atomic E-state index is -3.70. The smallest absolute Gasteiger partial charge is 0.238 e. The number of thiocarbonyl (C=S) groups is 1. The molecule has 0 saturated carbocycles. The van der Waals surface area contributed by atoms with Crippen LogP contribution >= 0.6 is 12.2 Å². The molecule has 0 aliphatic carbocycles. The van der Waals surface area contributed by atoms with Crippen LogP contribution in [0.25, 0.3) is 10.9 Å². The van der Waals surface area contributed by atoms with E-state index in [4.69, 9.17) is 17.4 Å². The Morgan fingerprint density at radius 1 is 1.00 bits per heavy atom. The molecular weight excluding hydrogens is 475 g/mol. The molecule has 1 heterocycles. The van der Waals surface area contributed by atoms with Crippen molar-refractivity contribution < 1.29 is 12.8 Å². The van der Waals surface area contributed by atoms with E-state index in [1.807, 2.05) is 18.2 Å². The highest BCUT2D eigenvalue weighted by atomic mass is 32.2. The Hall–Kier alpha value is -3.67. The maximum Gasteiger partial charge on any atom is 0.238 e. The number of fused-ring (bicyclic) bond motifs is 1. The lowest BCUT2D eigenvalue weighted by molar-refractivity contribution is 0.597. The van der Waals surface area contributed by atoms with Crippen LogP contribution in [0.1, 0.15) is 5.56 Å². The number of halogens is 1. The molecule has 1 aromatic heterocycles. The molecule has 34 heavy (non-hydrogen) atoms. The van der Waals surface area contributed by atoms with Crippen molar-refractivity contribution in [2.75, 3.05) is 17.2 Å². The molecule has 0 aliphatic rings. The Morgan fingerprint density at radius 3 is 2.53 bits per heavy atom. The van der Waals surface area contributed by atoms with Gasteiger partial charge < -0.3 is 16.0 Å². The van der Waals surface area contributed by atoms with Gasteiger partial charge in [0.05, 0.1) is 10.4 Å². The molecular formula is C23H21FN6O2S2. The van der Waals surface area contributed by atoms with Crippen molar-refractivity contribution in [1.29, 1.82) is 0 Å². The van der Waals surface area contributed by atoms with Gasteiger partial charge in [0.2, 0.25) is 10.0 Å². The van der Waals surface area contributed by atoms with E-state index in [0.29, 0.717) is 29.6 Å². The highest BCUT2D eigenvalue weighted by molar-refractivity contribution is 7.89. The predicted octanol–water partition coefficient (Wildman–Crippen LogP) is 3.69. The topological polar surface area (TPSA) is 122 Å². The van der Waals surface area contributed by atoms with E-state index in [2.05, 4.69) is 25.9 Å². The molecule has 3 aromatic carbocycles. The molecule has 0 atom stereocenters. The van der Waals surface area contributed by atoms with Crippen molar-refractivity contribution in [3.05, 3.63) is 84.4 Å². The van der Waals surface area contributed by atoms with Gasteiger partial charge >= 0.3 is 0 Å². The summed E-state index contributed by atoms with van der Waals surface area (Å²) in [6.45, 7) is 0.545. The molecule has 0 amide bonds. The first-order valence-electron chi connectivity index (χ1n) is 10.2. The van der Waals surface area contributed by atoms with Crippen LogP contribution in [-0.4, -0.2) is 30.0 Å². The maximum absolute atomic E-state index is 13.5. The van der Waals surface area contributed by atoms with Crippen molar-refractivity contribution >= 4 is 55.4 Å². The van der Waals surface area contributed by atoms with Crippen molar-refractivity contribution in [3.63, 3.8) is 0 Å². The van der Waals surface area contributed by atoms with Gasteiger partial charge in [0.1, 0.15) is 18.0 Å². The number of hydrogen-bond acceptors (Lipinski definition) is 6. The number of nitrogens with one attached hydrogen (secondary N) is 3. The third-order valence-corrected chi connectivity index (χ3v) is 6.11. The van der Waals surface area contributed by atoms with Crippen molar-refractivity contribution in [2.45, 2.75) is 11.3 Å².